The number of benzene rings is 2. The lowest BCUT2D eigenvalue weighted by molar-refractivity contribution is 0.196. The predicted octanol–water partition coefficient (Wildman–Crippen LogP) is 4.10. The van der Waals surface area contributed by atoms with Crippen LogP contribution in [0.2, 0.25) is 0 Å². The first-order valence-electron chi connectivity index (χ1n) is 7.02. The number of pyridine rings is 1. The van der Waals surface area contributed by atoms with E-state index in [-0.39, 0.29) is 5.82 Å². The number of nitrogens with zero attached hydrogens (tertiary/aromatic N) is 1. The molecular formula is C18H16FNO2. The van der Waals surface area contributed by atoms with Gasteiger partial charge >= 0.3 is 0 Å². The number of methoxy groups -OCH3 is 1. The lowest BCUT2D eigenvalue weighted by Crippen LogP contribution is -2.02. The van der Waals surface area contributed by atoms with E-state index in [1.54, 1.807) is 19.1 Å². The second-order valence-corrected chi connectivity index (χ2v) is 5.11. The minimum Gasteiger partial charge on any atom is -0.494 e. The van der Waals surface area contributed by atoms with E-state index in [0.29, 0.717) is 22.6 Å². The number of hydrogen-bond donors (Lipinski definition) is 1. The third-order valence-corrected chi connectivity index (χ3v) is 3.61. The Morgan fingerprint density at radius 1 is 1.14 bits per heavy atom. The molecule has 1 unspecified atom stereocenters. The normalized spacial score (nSPS) is 12.4. The van der Waals surface area contributed by atoms with Crippen molar-refractivity contribution in [3.05, 3.63) is 59.9 Å². The molecule has 22 heavy (non-hydrogen) atoms. The van der Waals surface area contributed by atoms with E-state index < -0.39 is 6.10 Å². The van der Waals surface area contributed by atoms with Crippen molar-refractivity contribution in [2.45, 2.75) is 13.0 Å². The summed E-state index contributed by atoms with van der Waals surface area (Å²) >= 11 is 0. The van der Waals surface area contributed by atoms with Crippen LogP contribution in [-0.4, -0.2) is 17.2 Å². The topological polar surface area (TPSA) is 42.4 Å². The summed E-state index contributed by atoms with van der Waals surface area (Å²) in [5, 5.41) is 11.0. The molecule has 0 fully saturated rings. The molecule has 1 aromatic heterocycles. The summed E-state index contributed by atoms with van der Waals surface area (Å²) in [6, 6.07) is 13.7. The lowest BCUT2D eigenvalue weighted by atomic mass is 9.99. The van der Waals surface area contributed by atoms with E-state index in [1.807, 2.05) is 24.3 Å². The molecule has 0 radical (unpaired) electrons. The summed E-state index contributed by atoms with van der Waals surface area (Å²) in [6.07, 6.45) is -0.727. The molecule has 0 aliphatic carbocycles. The Morgan fingerprint density at radius 2 is 1.91 bits per heavy atom. The maximum atomic E-state index is 13.5. The van der Waals surface area contributed by atoms with E-state index >= 15 is 0 Å². The summed E-state index contributed by atoms with van der Waals surface area (Å²) < 4.78 is 19.0. The van der Waals surface area contributed by atoms with Crippen molar-refractivity contribution in [2.24, 2.45) is 0 Å². The molecule has 0 aliphatic heterocycles. The number of aliphatic hydroxyl groups excluding tert-OH is 1. The largest absolute Gasteiger partial charge is 0.494 e. The number of para-hydroxylation sites is 1. The average Bonchev–Trinajstić information content (AvgIpc) is 2.52. The van der Waals surface area contributed by atoms with Crippen LogP contribution >= 0.6 is 0 Å². The number of ether oxygens (including phenoxy) is 1. The minimum atomic E-state index is -0.727. The predicted molar refractivity (Wildman–Crippen MR) is 84.3 cm³/mol. The van der Waals surface area contributed by atoms with Gasteiger partial charge in [0, 0.05) is 16.5 Å². The molecule has 2 aromatic carbocycles. The number of aromatic nitrogens is 1. The quantitative estimate of drug-likeness (QED) is 0.791. The van der Waals surface area contributed by atoms with E-state index in [4.69, 9.17) is 4.74 Å². The van der Waals surface area contributed by atoms with Crippen molar-refractivity contribution in [1.29, 1.82) is 0 Å². The van der Waals surface area contributed by atoms with Crippen molar-refractivity contribution in [1.82, 2.24) is 4.98 Å². The fourth-order valence-corrected chi connectivity index (χ4v) is 2.67. The molecule has 0 bridgehead atoms. The minimum absolute atomic E-state index is 0.340. The first-order valence-corrected chi connectivity index (χ1v) is 7.02. The Kier molecular flexibility index (Phi) is 3.77. The zero-order valence-electron chi connectivity index (χ0n) is 12.4. The van der Waals surface area contributed by atoms with Crippen LogP contribution in [0, 0.1) is 5.82 Å². The summed E-state index contributed by atoms with van der Waals surface area (Å²) in [5.41, 5.74) is 2.53. The van der Waals surface area contributed by atoms with Gasteiger partial charge in [-0.1, -0.05) is 30.3 Å². The lowest BCUT2D eigenvalue weighted by Gasteiger charge is -2.18. The highest BCUT2D eigenvalue weighted by atomic mass is 19.1. The van der Waals surface area contributed by atoms with Gasteiger partial charge in [0.2, 0.25) is 0 Å². The number of hydrogen-bond acceptors (Lipinski definition) is 3. The molecule has 0 saturated carbocycles. The van der Waals surface area contributed by atoms with Gasteiger partial charge in [-0.25, -0.2) is 9.37 Å². The molecule has 1 atom stereocenters. The van der Waals surface area contributed by atoms with Gasteiger partial charge in [0.15, 0.2) is 5.75 Å². The molecule has 3 aromatic rings. The van der Waals surface area contributed by atoms with E-state index in [1.165, 1.54) is 19.2 Å². The van der Waals surface area contributed by atoms with Crippen molar-refractivity contribution in [3.63, 3.8) is 0 Å². The van der Waals surface area contributed by atoms with Crippen molar-refractivity contribution in [2.75, 3.05) is 7.11 Å². The molecule has 0 spiro atoms. The number of rotatable bonds is 3. The summed E-state index contributed by atoms with van der Waals surface area (Å²) in [6.45, 7) is 1.68. The van der Waals surface area contributed by atoms with Gasteiger partial charge in [0.25, 0.3) is 0 Å². The maximum absolute atomic E-state index is 13.5. The Morgan fingerprint density at radius 3 is 2.59 bits per heavy atom. The van der Waals surface area contributed by atoms with Crippen molar-refractivity contribution >= 4 is 10.9 Å². The molecule has 3 nitrogen and oxygen atoms in total. The zero-order chi connectivity index (χ0) is 15.7. The summed E-state index contributed by atoms with van der Waals surface area (Å²) in [5.74, 6) is 0.132. The van der Waals surface area contributed by atoms with Crippen LogP contribution in [-0.2, 0) is 0 Å². The highest BCUT2D eigenvalue weighted by Gasteiger charge is 2.20. The number of fused-ring (bicyclic) bond motifs is 1. The molecular weight excluding hydrogens is 281 g/mol. The fraction of sp³-hybridized carbons (Fsp3) is 0.167. The zero-order valence-corrected chi connectivity index (χ0v) is 12.4. The van der Waals surface area contributed by atoms with Crippen LogP contribution in [0.5, 0.6) is 5.75 Å². The van der Waals surface area contributed by atoms with Gasteiger partial charge in [0.05, 0.1) is 18.7 Å². The van der Waals surface area contributed by atoms with E-state index in [2.05, 4.69) is 4.98 Å². The van der Waals surface area contributed by atoms with E-state index in [0.717, 1.165) is 10.9 Å². The maximum Gasteiger partial charge on any atom is 0.151 e. The third kappa shape index (κ3) is 2.42. The Hall–Kier alpha value is -2.46. The monoisotopic (exact) mass is 297 g/mol. The van der Waals surface area contributed by atoms with Crippen LogP contribution in [0.15, 0.2) is 48.5 Å². The number of halogens is 1. The third-order valence-electron chi connectivity index (χ3n) is 3.61. The van der Waals surface area contributed by atoms with Crippen LogP contribution in [0.3, 0.4) is 0 Å². The highest BCUT2D eigenvalue weighted by Crippen LogP contribution is 2.39. The molecule has 1 heterocycles. The van der Waals surface area contributed by atoms with Gasteiger partial charge in [-0.3, -0.25) is 0 Å². The first-order chi connectivity index (χ1) is 10.6. The molecule has 112 valence electrons. The van der Waals surface area contributed by atoms with Crippen LogP contribution in [0.25, 0.3) is 22.2 Å². The molecule has 3 rings (SSSR count). The Bertz CT molecular complexity index is 830. The number of aliphatic hydroxyl groups is 1. The highest BCUT2D eigenvalue weighted by molar-refractivity contribution is 5.89. The molecule has 4 heteroatoms. The molecule has 0 amide bonds. The Labute approximate surface area is 128 Å². The standard InChI is InChI=1S/C18H16FNO2/c1-11(21)16-14-8-3-4-9-15(14)20-17(18(16)22-2)12-6-5-7-13(19)10-12/h3-11,21H,1-2H3. The smallest absolute Gasteiger partial charge is 0.151 e. The van der Waals surface area contributed by atoms with Crippen LogP contribution in [0.4, 0.5) is 4.39 Å². The summed E-state index contributed by atoms with van der Waals surface area (Å²) in [4.78, 5) is 4.60. The second-order valence-electron chi connectivity index (χ2n) is 5.11. The molecule has 0 aliphatic rings. The van der Waals surface area contributed by atoms with E-state index in [9.17, 15) is 9.50 Å². The van der Waals surface area contributed by atoms with Gasteiger partial charge in [-0.05, 0) is 25.1 Å². The second kappa shape index (κ2) is 5.73. The van der Waals surface area contributed by atoms with Crippen LogP contribution < -0.4 is 4.74 Å². The Balaban J connectivity index is 2.39. The van der Waals surface area contributed by atoms with Gasteiger partial charge in [-0.15, -0.1) is 0 Å². The summed E-state index contributed by atoms with van der Waals surface area (Å²) in [7, 11) is 1.53. The average molecular weight is 297 g/mol. The van der Waals surface area contributed by atoms with Gasteiger partial charge in [0.1, 0.15) is 11.5 Å². The van der Waals surface area contributed by atoms with Crippen LogP contribution in [0.1, 0.15) is 18.6 Å². The van der Waals surface area contributed by atoms with Crippen molar-refractivity contribution < 1.29 is 14.2 Å². The first kappa shape index (κ1) is 14.5. The van der Waals surface area contributed by atoms with Gasteiger partial charge < -0.3 is 9.84 Å². The molecule has 0 saturated heterocycles. The fourth-order valence-electron chi connectivity index (χ4n) is 2.67. The van der Waals surface area contributed by atoms with Crippen molar-refractivity contribution in [3.8, 4) is 17.0 Å². The molecule has 1 N–H and O–H groups in total. The SMILES string of the molecule is COc1c(-c2cccc(F)c2)nc2ccccc2c1C(C)O. The van der Waals surface area contributed by atoms with Gasteiger partial charge in [-0.2, -0.15) is 0 Å².